The number of hydrogen-bond acceptors (Lipinski definition) is 2. The predicted molar refractivity (Wildman–Crippen MR) is 67.8 cm³/mol. The van der Waals surface area contributed by atoms with Gasteiger partial charge >= 0.3 is 0 Å². The lowest BCUT2D eigenvalue weighted by Gasteiger charge is -2.17. The smallest absolute Gasteiger partial charge is 0.105 e. The Morgan fingerprint density at radius 1 is 1.31 bits per heavy atom. The van der Waals surface area contributed by atoms with Crippen molar-refractivity contribution in [2.24, 2.45) is 0 Å². The molecule has 2 nitrogen and oxygen atoms in total. The van der Waals surface area contributed by atoms with Crippen molar-refractivity contribution < 1.29 is 4.42 Å². The summed E-state index contributed by atoms with van der Waals surface area (Å²) in [5, 5.41) is 0. The second kappa shape index (κ2) is 4.83. The highest BCUT2D eigenvalue weighted by Gasteiger charge is 2.21. The van der Waals surface area contributed by atoms with Gasteiger partial charge in [0.1, 0.15) is 5.76 Å². The van der Waals surface area contributed by atoms with Gasteiger partial charge in [-0.25, -0.2) is 0 Å². The van der Waals surface area contributed by atoms with Crippen LogP contribution in [0.1, 0.15) is 34.7 Å². The van der Waals surface area contributed by atoms with Crippen molar-refractivity contribution in [1.29, 1.82) is 0 Å². The standard InChI is InChI=1S/C13H14BrNO/c1-9(12-5-3-4-7-15-12)13(14)11-6-8-16-10(11)2/h3-9,13H,1-2H3. The molecule has 0 fully saturated rings. The number of furan rings is 1. The molecule has 0 aromatic carbocycles. The van der Waals surface area contributed by atoms with E-state index in [4.69, 9.17) is 4.42 Å². The lowest BCUT2D eigenvalue weighted by Crippen LogP contribution is -2.04. The molecule has 2 atom stereocenters. The van der Waals surface area contributed by atoms with E-state index in [-0.39, 0.29) is 4.83 Å². The van der Waals surface area contributed by atoms with Crippen molar-refractivity contribution in [1.82, 2.24) is 4.98 Å². The summed E-state index contributed by atoms with van der Waals surface area (Å²) in [5.74, 6) is 1.28. The van der Waals surface area contributed by atoms with E-state index in [9.17, 15) is 0 Å². The lowest BCUT2D eigenvalue weighted by molar-refractivity contribution is 0.527. The molecule has 0 aliphatic heterocycles. The van der Waals surface area contributed by atoms with E-state index >= 15 is 0 Å². The fourth-order valence-corrected chi connectivity index (χ4v) is 2.49. The summed E-state index contributed by atoms with van der Waals surface area (Å²) < 4.78 is 5.32. The molecule has 0 amide bonds. The number of pyridine rings is 1. The molecule has 0 aliphatic carbocycles. The molecule has 0 aliphatic rings. The van der Waals surface area contributed by atoms with E-state index in [0.29, 0.717) is 5.92 Å². The summed E-state index contributed by atoms with van der Waals surface area (Å²) in [5.41, 5.74) is 2.28. The third-order valence-electron chi connectivity index (χ3n) is 2.79. The Morgan fingerprint density at radius 2 is 2.12 bits per heavy atom. The van der Waals surface area contributed by atoms with Gasteiger partial charge in [0.05, 0.1) is 11.1 Å². The van der Waals surface area contributed by atoms with E-state index in [1.807, 2.05) is 37.4 Å². The molecule has 16 heavy (non-hydrogen) atoms. The Labute approximate surface area is 104 Å². The average Bonchev–Trinajstić information content (AvgIpc) is 2.75. The fourth-order valence-electron chi connectivity index (χ4n) is 1.75. The third kappa shape index (κ3) is 2.19. The summed E-state index contributed by atoms with van der Waals surface area (Å²) in [6, 6.07) is 8.01. The molecular weight excluding hydrogens is 266 g/mol. The number of nitrogens with zero attached hydrogens (tertiary/aromatic N) is 1. The summed E-state index contributed by atoms with van der Waals surface area (Å²) in [6.07, 6.45) is 3.55. The van der Waals surface area contributed by atoms with Gasteiger partial charge in [-0.3, -0.25) is 4.98 Å². The van der Waals surface area contributed by atoms with Crippen LogP contribution in [0.3, 0.4) is 0 Å². The second-order valence-electron chi connectivity index (χ2n) is 3.88. The van der Waals surface area contributed by atoms with Gasteiger partial charge < -0.3 is 4.42 Å². The number of halogens is 1. The quantitative estimate of drug-likeness (QED) is 0.787. The first kappa shape index (κ1) is 11.4. The molecule has 0 spiro atoms. The van der Waals surface area contributed by atoms with Crippen LogP contribution in [0.4, 0.5) is 0 Å². The Hall–Kier alpha value is -1.09. The van der Waals surface area contributed by atoms with E-state index in [0.717, 1.165) is 11.5 Å². The fraction of sp³-hybridized carbons (Fsp3) is 0.308. The van der Waals surface area contributed by atoms with Gasteiger partial charge in [-0.15, -0.1) is 0 Å². The van der Waals surface area contributed by atoms with E-state index in [1.165, 1.54) is 5.56 Å². The van der Waals surface area contributed by atoms with Crippen molar-refractivity contribution >= 4 is 15.9 Å². The molecule has 2 heterocycles. The molecule has 0 saturated heterocycles. The van der Waals surface area contributed by atoms with E-state index < -0.39 is 0 Å². The highest BCUT2D eigenvalue weighted by molar-refractivity contribution is 9.09. The van der Waals surface area contributed by atoms with Crippen LogP contribution >= 0.6 is 15.9 Å². The number of hydrogen-bond donors (Lipinski definition) is 0. The molecule has 2 aromatic rings. The third-order valence-corrected chi connectivity index (χ3v) is 4.08. The lowest BCUT2D eigenvalue weighted by atomic mass is 9.98. The van der Waals surface area contributed by atoms with Crippen molar-refractivity contribution in [2.75, 3.05) is 0 Å². The highest BCUT2D eigenvalue weighted by Crippen LogP contribution is 2.38. The molecule has 2 aromatic heterocycles. The summed E-state index contributed by atoms with van der Waals surface area (Å²) in [4.78, 5) is 4.62. The molecule has 0 N–H and O–H groups in total. The molecule has 2 rings (SSSR count). The first-order chi connectivity index (χ1) is 7.70. The molecule has 2 unspecified atom stereocenters. The maximum Gasteiger partial charge on any atom is 0.105 e. The zero-order valence-electron chi connectivity index (χ0n) is 9.35. The van der Waals surface area contributed by atoms with Crippen LogP contribution in [0.15, 0.2) is 41.1 Å². The van der Waals surface area contributed by atoms with Crippen molar-refractivity contribution in [3.63, 3.8) is 0 Å². The van der Waals surface area contributed by atoms with Crippen LogP contribution in [0.25, 0.3) is 0 Å². The normalized spacial score (nSPS) is 14.7. The minimum absolute atomic E-state index is 0.237. The number of aromatic nitrogens is 1. The molecule has 84 valence electrons. The molecule has 0 saturated carbocycles. The minimum atomic E-state index is 0.237. The number of aryl methyl sites for hydroxylation is 1. The Kier molecular flexibility index (Phi) is 3.44. The van der Waals surface area contributed by atoms with Gasteiger partial charge in [0.15, 0.2) is 0 Å². The highest BCUT2D eigenvalue weighted by atomic mass is 79.9. The largest absolute Gasteiger partial charge is 0.469 e. The van der Waals surface area contributed by atoms with Gasteiger partial charge in [0.25, 0.3) is 0 Å². The number of alkyl halides is 1. The maximum absolute atomic E-state index is 5.32. The van der Waals surface area contributed by atoms with Gasteiger partial charge in [0, 0.05) is 23.4 Å². The first-order valence-electron chi connectivity index (χ1n) is 5.29. The first-order valence-corrected chi connectivity index (χ1v) is 6.20. The van der Waals surface area contributed by atoms with Crippen LogP contribution in [0.2, 0.25) is 0 Å². The Morgan fingerprint density at radius 3 is 2.69 bits per heavy atom. The topological polar surface area (TPSA) is 26.0 Å². The molecular formula is C13H14BrNO. The van der Waals surface area contributed by atoms with Crippen molar-refractivity contribution in [3.05, 3.63) is 53.7 Å². The summed E-state index contributed by atoms with van der Waals surface area (Å²) >= 11 is 3.72. The number of rotatable bonds is 3. The zero-order chi connectivity index (χ0) is 11.5. The molecule has 0 bridgehead atoms. The predicted octanol–water partition coefficient (Wildman–Crippen LogP) is 4.22. The van der Waals surface area contributed by atoms with Gasteiger partial charge in [0.2, 0.25) is 0 Å². The van der Waals surface area contributed by atoms with Crippen LogP contribution in [0.5, 0.6) is 0 Å². The van der Waals surface area contributed by atoms with Crippen molar-refractivity contribution in [3.8, 4) is 0 Å². The van der Waals surface area contributed by atoms with Crippen LogP contribution in [-0.4, -0.2) is 4.98 Å². The molecule has 3 heteroatoms. The Balaban J connectivity index is 2.23. The van der Waals surface area contributed by atoms with Gasteiger partial charge in [-0.05, 0) is 25.1 Å². The van der Waals surface area contributed by atoms with E-state index in [1.54, 1.807) is 6.26 Å². The molecule has 0 radical (unpaired) electrons. The maximum atomic E-state index is 5.32. The monoisotopic (exact) mass is 279 g/mol. The Bertz CT molecular complexity index is 452. The van der Waals surface area contributed by atoms with Gasteiger partial charge in [-0.2, -0.15) is 0 Å². The SMILES string of the molecule is Cc1occc1C(Br)C(C)c1ccccn1. The van der Waals surface area contributed by atoms with Gasteiger partial charge in [-0.1, -0.05) is 28.9 Å². The second-order valence-corrected chi connectivity index (χ2v) is 4.86. The van der Waals surface area contributed by atoms with Crippen LogP contribution in [0, 0.1) is 6.92 Å². The van der Waals surface area contributed by atoms with Crippen LogP contribution in [-0.2, 0) is 0 Å². The minimum Gasteiger partial charge on any atom is -0.469 e. The van der Waals surface area contributed by atoms with Crippen LogP contribution < -0.4 is 0 Å². The summed E-state index contributed by atoms with van der Waals surface area (Å²) in [7, 11) is 0. The van der Waals surface area contributed by atoms with E-state index in [2.05, 4.69) is 27.8 Å². The summed E-state index contributed by atoms with van der Waals surface area (Å²) in [6.45, 7) is 4.14. The zero-order valence-corrected chi connectivity index (χ0v) is 10.9. The van der Waals surface area contributed by atoms with Crippen molar-refractivity contribution in [2.45, 2.75) is 24.6 Å². The average molecular weight is 280 g/mol.